The van der Waals surface area contributed by atoms with Crippen LogP contribution in [0.25, 0.3) is 0 Å². The lowest BCUT2D eigenvalue weighted by Crippen LogP contribution is -2.00. The molecule has 1 N–H and O–H groups in total. The predicted molar refractivity (Wildman–Crippen MR) is 60.2 cm³/mol. The topological polar surface area (TPSA) is 72.3 Å². The largest absolute Gasteiger partial charge is 0.478 e. The van der Waals surface area contributed by atoms with Crippen molar-refractivity contribution in [3.8, 4) is 11.5 Å². The lowest BCUT2D eigenvalue weighted by Gasteiger charge is -2.07. The van der Waals surface area contributed by atoms with E-state index in [-0.39, 0.29) is 11.3 Å². The van der Waals surface area contributed by atoms with E-state index in [2.05, 4.69) is 9.97 Å². The van der Waals surface area contributed by atoms with Gasteiger partial charge in [-0.25, -0.2) is 4.79 Å². The first-order valence-electron chi connectivity index (χ1n) is 4.94. The van der Waals surface area contributed by atoms with E-state index < -0.39 is 5.97 Å². The number of carbonyl (C=O) groups is 1. The zero-order valence-electron chi connectivity index (χ0n) is 9.12. The molecule has 0 aromatic carbocycles. The van der Waals surface area contributed by atoms with E-state index in [9.17, 15) is 4.79 Å². The number of pyridine rings is 2. The number of carboxylic acid groups (broad SMARTS) is 1. The van der Waals surface area contributed by atoms with Crippen molar-refractivity contribution in [3.05, 3.63) is 48.0 Å². The van der Waals surface area contributed by atoms with Crippen LogP contribution in [0.15, 0.2) is 36.8 Å². The molecule has 0 radical (unpaired) electrons. The summed E-state index contributed by atoms with van der Waals surface area (Å²) < 4.78 is 5.47. The first-order chi connectivity index (χ1) is 8.16. The van der Waals surface area contributed by atoms with Crippen LogP contribution >= 0.6 is 0 Å². The smallest absolute Gasteiger partial charge is 0.339 e. The summed E-state index contributed by atoms with van der Waals surface area (Å²) in [5.41, 5.74) is 0.873. The molecule has 2 aromatic rings. The fraction of sp³-hybridized carbons (Fsp3) is 0.0833. The number of hydrogen-bond donors (Lipinski definition) is 1. The lowest BCUT2D eigenvalue weighted by atomic mass is 10.2. The molecule has 0 aliphatic heterocycles. The molecule has 0 bridgehead atoms. The van der Waals surface area contributed by atoms with E-state index in [1.807, 2.05) is 6.92 Å². The second-order valence-electron chi connectivity index (χ2n) is 3.41. The quantitative estimate of drug-likeness (QED) is 0.875. The van der Waals surface area contributed by atoms with Crippen LogP contribution < -0.4 is 4.74 Å². The number of ether oxygens (including phenoxy) is 1. The van der Waals surface area contributed by atoms with Crippen molar-refractivity contribution < 1.29 is 14.6 Å². The van der Waals surface area contributed by atoms with Gasteiger partial charge in [0.1, 0.15) is 11.3 Å². The fourth-order valence-corrected chi connectivity index (χ4v) is 1.35. The van der Waals surface area contributed by atoms with Crippen molar-refractivity contribution in [2.45, 2.75) is 6.92 Å². The van der Waals surface area contributed by atoms with Crippen molar-refractivity contribution in [1.82, 2.24) is 9.97 Å². The average Bonchev–Trinajstić information content (AvgIpc) is 2.29. The highest BCUT2D eigenvalue weighted by Gasteiger charge is 2.11. The number of aromatic carboxylic acids is 1. The molecule has 5 nitrogen and oxygen atoms in total. The van der Waals surface area contributed by atoms with Gasteiger partial charge in [0.15, 0.2) is 5.75 Å². The zero-order chi connectivity index (χ0) is 12.3. The maximum atomic E-state index is 11.0. The lowest BCUT2D eigenvalue weighted by molar-refractivity contribution is 0.0694. The molecule has 17 heavy (non-hydrogen) atoms. The third-order valence-corrected chi connectivity index (χ3v) is 2.11. The molecule has 0 spiro atoms. The highest BCUT2D eigenvalue weighted by Crippen LogP contribution is 2.24. The Labute approximate surface area is 97.7 Å². The minimum atomic E-state index is -1.05. The molecular formula is C12H10N2O3. The maximum absolute atomic E-state index is 11.0. The summed E-state index contributed by atoms with van der Waals surface area (Å²) in [6.45, 7) is 1.83. The van der Waals surface area contributed by atoms with Gasteiger partial charge >= 0.3 is 5.97 Å². The SMILES string of the molecule is Cc1cc(Oc2cnccc2C(=O)O)ccn1. The van der Waals surface area contributed by atoms with Gasteiger partial charge in [0.05, 0.1) is 6.20 Å². The molecule has 0 aliphatic rings. The van der Waals surface area contributed by atoms with Gasteiger partial charge in [0.25, 0.3) is 0 Å². The Hall–Kier alpha value is -2.43. The van der Waals surface area contributed by atoms with Gasteiger partial charge in [-0.3, -0.25) is 9.97 Å². The highest BCUT2D eigenvalue weighted by molar-refractivity contribution is 5.90. The molecule has 0 saturated carbocycles. The Morgan fingerprint density at radius 3 is 2.88 bits per heavy atom. The highest BCUT2D eigenvalue weighted by atomic mass is 16.5. The minimum Gasteiger partial charge on any atom is -0.478 e. The van der Waals surface area contributed by atoms with Crippen molar-refractivity contribution in [3.63, 3.8) is 0 Å². The van der Waals surface area contributed by atoms with Gasteiger partial charge in [0.2, 0.25) is 0 Å². The van der Waals surface area contributed by atoms with E-state index in [1.165, 1.54) is 18.5 Å². The van der Waals surface area contributed by atoms with Crippen LogP contribution in [0.5, 0.6) is 11.5 Å². The van der Waals surface area contributed by atoms with Crippen LogP contribution in [-0.4, -0.2) is 21.0 Å². The van der Waals surface area contributed by atoms with E-state index in [0.717, 1.165) is 5.69 Å². The van der Waals surface area contributed by atoms with Crippen LogP contribution in [0.1, 0.15) is 16.1 Å². The summed E-state index contributed by atoms with van der Waals surface area (Å²) in [6.07, 6.45) is 4.38. The molecule has 86 valence electrons. The fourth-order valence-electron chi connectivity index (χ4n) is 1.35. The van der Waals surface area contributed by atoms with Gasteiger partial charge < -0.3 is 9.84 Å². The van der Waals surface area contributed by atoms with Crippen molar-refractivity contribution in [2.75, 3.05) is 0 Å². The third kappa shape index (κ3) is 2.57. The summed E-state index contributed by atoms with van der Waals surface area (Å²) in [5, 5.41) is 8.98. The normalized spacial score (nSPS) is 9.94. The first-order valence-corrected chi connectivity index (χ1v) is 4.94. The van der Waals surface area contributed by atoms with Gasteiger partial charge in [-0.1, -0.05) is 0 Å². The van der Waals surface area contributed by atoms with E-state index in [4.69, 9.17) is 9.84 Å². The summed E-state index contributed by atoms with van der Waals surface area (Å²) >= 11 is 0. The molecule has 0 amide bonds. The van der Waals surface area contributed by atoms with Crippen LogP contribution in [0.2, 0.25) is 0 Å². The van der Waals surface area contributed by atoms with E-state index in [0.29, 0.717) is 5.75 Å². The Bertz CT molecular complexity index is 555. The Kier molecular flexibility index (Phi) is 3.00. The molecule has 0 fully saturated rings. The van der Waals surface area contributed by atoms with E-state index in [1.54, 1.807) is 18.3 Å². The number of rotatable bonds is 3. The Balaban J connectivity index is 2.33. The van der Waals surface area contributed by atoms with Crippen molar-refractivity contribution in [1.29, 1.82) is 0 Å². The van der Waals surface area contributed by atoms with Gasteiger partial charge in [-0.05, 0) is 19.1 Å². The number of carboxylic acids is 1. The molecule has 2 aromatic heterocycles. The first kappa shape index (κ1) is 11.1. The van der Waals surface area contributed by atoms with E-state index >= 15 is 0 Å². The monoisotopic (exact) mass is 230 g/mol. The van der Waals surface area contributed by atoms with Crippen molar-refractivity contribution in [2.24, 2.45) is 0 Å². The molecule has 2 heterocycles. The second-order valence-corrected chi connectivity index (χ2v) is 3.41. The zero-order valence-corrected chi connectivity index (χ0v) is 9.12. The third-order valence-electron chi connectivity index (χ3n) is 2.11. The maximum Gasteiger partial charge on any atom is 0.339 e. The number of aromatic nitrogens is 2. The minimum absolute atomic E-state index is 0.0782. The molecule has 5 heteroatoms. The molecule has 0 aliphatic carbocycles. The van der Waals surface area contributed by atoms with Crippen LogP contribution in [0.3, 0.4) is 0 Å². The molecule has 0 saturated heterocycles. The summed E-state index contributed by atoms with van der Waals surface area (Å²) in [7, 11) is 0. The Morgan fingerprint density at radius 2 is 2.18 bits per heavy atom. The van der Waals surface area contributed by atoms with Crippen molar-refractivity contribution >= 4 is 5.97 Å². The Morgan fingerprint density at radius 1 is 1.35 bits per heavy atom. The van der Waals surface area contributed by atoms with Gasteiger partial charge in [-0.2, -0.15) is 0 Å². The molecule has 0 unspecified atom stereocenters. The number of aryl methyl sites for hydroxylation is 1. The number of nitrogens with zero attached hydrogens (tertiary/aromatic N) is 2. The second kappa shape index (κ2) is 4.61. The molecular weight excluding hydrogens is 220 g/mol. The molecule has 0 atom stereocenters. The number of hydrogen-bond acceptors (Lipinski definition) is 4. The predicted octanol–water partition coefficient (Wildman–Crippen LogP) is 2.28. The van der Waals surface area contributed by atoms with Gasteiger partial charge in [0, 0.05) is 24.2 Å². The summed E-state index contributed by atoms with van der Waals surface area (Å²) in [5.74, 6) is -0.299. The van der Waals surface area contributed by atoms with Crippen LogP contribution in [0.4, 0.5) is 0 Å². The van der Waals surface area contributed by atoms with Gasteiger partial charge in [-0.15, -0.1) is 0 Å². The standard InChI is InChI=1S/C12H10N2O3/c1-8-6-9(2-5-14-8)17-11-7-13-4-3-10(11)12(15)16/h2-7H,1H3,(H,15,16). The average molecular weight is 230 g/mol. The van der Waals surface area contributed by atoms with Crippen LogP contribution in [0, 0.1) is 6.92 Å². The molecule has 2 rings (SSSR count). The summed E-state index contributed by atoms with van der Waals surface area (Å²) in [4.78, 5) is 18.8. The van der Waals surface area contributed by atoms with Crippen LogP contribution in [-0.2, 0) is 0 Å². The summed E-state index contributed by atoms with van der Waals surface area (Å²) in [6, 6.07) is 4.77.